The van der Waals surface area contributed by atoms with Gasteiger partial charge in [-0.25, -0.2) is 0 Å². The standard InChI is InChI=1S/C6H11F5N2/c1-4(2-12)13-3-5(7,8)6(9,10)11/h4,13H,2-3,12H2,1H3/t4-/m1/s1. The fraction of sp³-hybridized carbons (Fsp3) is 1.00. The molecule has 13 heavy (non-hydrogen) atoms. The maximum atomic E-state index is 12.2. The van der Waals surface area contributed by atoms with Gasteiger partial charge in [-0.1, -0.05) is 0 Å². The van der Waals surface area contributed by atoms with Gasteiger partial charge in [0.25, 0.3) is 0 Å². The quantitative estimate of drug-likeness (QED) is 0.676. The highest BCUT2D eigenvalue weighted by Gasteiger charge is 2.56. The lowest BCUT2D eigenvalue weighted by Gasteiger charge is -2.21. The first kappa shape index (κ1) is 12.6. The van der Waals surface area contributed by atoms with Crippen LogP contribution in [0.5, 0.6) is 0 Å². The first-order valence-electron chi connectivity index (χ1n) is 3.58. The average molecular weight is 206 g/mol. The van der Waals surface area contributed by atoms with Crippen LogP contribution < -0.4 is 11.1 Å². The molecular weight excluding hydrogens is 195 g/mol. The van der Waals surface area contributed by atoms with Crippen molar-refractivity contribution in [3.63, 3.8) is 0 Å². The molecule has 0 radical (unpaired) electrons. The summed E-state index contributed by atoms with van der Waals surface area (Å²) in [5.41, 5.74) is 5.02. The molecule has 0 aromatic heterocycles. The lowest BCUT2D eigenvalue weighted by molar-refractivity contribution is -0.279. The molecule has 0 rings (SSSR count). The van der Waals surface area contributed by atoms with Gasteiger partial charge in [0.1, 0.15) is 0 Å². The van der Waals surface area contributed by atoms with Crippen molar-refractivity contribution in [1.29, 1.82) is 0 Å². The van der Waals surface area contributed by atoms with E-state index in [1.54, 1.807) is 0 Å². The Morgan fingerprint density at radius 1 is 1.23 bits per heavy atom. The Morgan fingerprint density at radius 2 is 1.69 bits per heavy atom. The Labute approximate surface area is 72.3 Å². The molecule has 0 saturated heterocycles. The van der Waals surface area contributed by atoms with Gasteiger partial charge >= 0.3 is 12.1 Å². The number of rotatable bonds is 4. The highest BCUT2D eigenvalue weighted by atomic mass is 19.4. The van der Waals surface area contributed by atoms with Crippen molar-refractivity contribution in [2.75, 3.05) is 13.1 Å². The summed E-state index contributed by atoms with van der Waals surface area (Å²) in [5.74, 6) is -4.70. The van der Waals surface area contributed by atoms with Crippen molar-refractivity contribution in [1.82, 2.24) is 5.32 Å². The average Bonchev–Trinajstić information content (AvgIpc) is 1.98. The molecule has 80 valence electrons. The minimum atomic E-state index is -5.51. The van der Waals surface area contributed by atoms with E-state index in [9.17, 15) is 22.0 Å². The van der Waals surface area contributed by atoms with E-state index < -0.39 is 24.7 Å². The van der Waals surface area contributed by atoms with Crippen LogP contribution in [0.15, 0.2) is 0 Å². The molecule has 0 bridgehead atoms. The summed E-state index contributed by atoms with van der Waals surface area (Å²) in [6, 6.07) is -0.562. The van der Waals surface area contributed by atoms with Gasteiger partial charge in [-0.3, -0.25) is 0 Å². The predicted molar refractivity (Wildman–Crippen MR) is 37.5 cm³/mol. The van der Waals surface area contributed by atoms with Gasteiger partial charge in [-0.05, 0) is 6.92 Å². The van der Waals surface area contributed by atoms with Crippen molar-refractivity contribution in [2.45, 2.75) is 25.1 Å². The van der Waals surface area contributed by atoms with E-state index in [2.05, 4.69) is 0 Å². The summed E-state index contributed by atoms with van der Waals surface area (Å²) in [4.78, 5) is 0. The predicted octanol–water partition coefficient (Wildman–Crippen LogP) is 1.12. The summed E-state index contributed by atoms with van der Waals surface area (Å²) < 4.78 is 59.1. The van der Waals surface area contributed by atoms with Crippen LogP contribution in [-0.4, -0.2) is 31.2 Å². The van der Waals surface area contributed by atoms with Crippen molar-refractivity contribution in [3.05, 3.63) is 0 Å². The SMILES string of the molecule is C[C@H](CN)NCC(F)(F)C(F)(F)F. The molecule has 0 aliphatic rings. The molecule has 0 aromatic carbocycles. The lowest BCUT2D eigenvalue weighted by Crippen LogP contribution is -2.48. The number of alkyl halides is 5. The second kappa shape index (κ2) is 4.19. The van der Waals surface area contributed by atoms with E-state index in [1.807, 2.05) is 5.32 Å². The fourth-order valence-corrected chi connectivity index (χ4v) is 0.486. The molecule has 0 aliphatic heterocycles. The van der Waals surface area contributed by atoms with Crippen LogP contribution in [0.1, 0.15) is 6.92 Å². The molecule has 0 spiro atoms. The zero-order chi connectivity index (χ0) is 10.7. The van der Waals surface area contributed by atoms with Gasteiger partial charge in [0.2, 0.25) is 0 Å². The van der Waals surface area contributed by atoms with E-state index in [0.717, 1.165) is 0 Å². The van der Waals surface area contributed by atoms with Gasteiger partial charge in [0, 0.05) is 12.6 Å². The third-order valence-electron chi connectivity index (χ3n) is 1.44. The Hall–Kier alpha value is -0.430. The zero-order valence-corrected chi connectivity index (χ0v) is 6.96. The third kappa shape index (κ3) is 3.86. The molecule has 1 atom stereocenters. The van der Waals surface area contributed by atoms with Crippen molar-refractivity contribution < 1.29 is 22.0 Å². The molecule has 0 aliphatic carbocycles. The Bertz CT molecular complexity index is 156. The lowest BCUT2D eigenvalue weighted by atomic mass is 10.3. The van der Waals surface area contributed by atoms with E-state index in [4.69, 9.17) is 5.73 Å². The minimum Gasteiger partial charge on any atom is -0.329 e. The third-order valence-corrected chi connectivity index (χ3v) is 1.44. The van der Waals surface area contributed by atoms with Crippen LogP contribution in [0.4, 0.5) is 22.0 Å². The summed E-state index contributed by atoms with van der Waals surface area (Å²) in [6.07, 6.45) is -5.51. The van der Waals surface area contributed by atoms with Crippen LogP contribution >= 0.6 is 0 Å². The maximum Gasteiger partial charge on any atom is 0.454 e. The van der Waals surface area contributed by atoms with Crippen LogP contribution in [0.25, 0.3) is 0 Å². The summed E-state index contributed by atoms with van der Waals surface area (Å²) in [6.45, 7) is -0.00470. The molecule has 0 unspecified atom stereocenters. The Balaban J connectivity index is 4.04. The van der Waals surface area contributed by atoms with Crippen LogP contribution in [-0.2, 0) is 0 Å². The molecule has 3 N–H and O–H groups in total. The second-order valence-corrected chi connectivity index (χ2v) is 2.72. The number of nitrogens with two attached hydrogens (primary N) is 1. The molecule has 2 nitrogen and oxygen atoms in total. The highest BCUT2D eigenvalue weighted by Crippen LogP contribution is 2.34. The summed E-state index contributed by atoms with van der Waals surface area (Å²) in [5, 5.41) is 1.98. The van der Waals surface area contributed by atoms with Crippen molar-refractivity contribution >= 4 is 0 Å². The number of nitrogens with one attached hydrogen (secondary N) is 1. The van der Waals surface area contributed by atoms with Crippen molar-refractivity contribution in [2.24, 2.45) is 5.73 Å². The molecular formula is C6H11F5N2. The molecule has 0 heterocycles. The number of hydrogen-bond donors (Lipinski definition) is 2. The molecule has 0 amide bonds. The first-order valence-corrected chi connectivity index (χ1v) is 3.58. The monoisotopic (exact) mass is 206 g/mol. The smallest absolute Gasteiger partial charge is 0.329 e. The van der Waals surface area contributed by atoms with Gasteiger partial charge in [0.15, 0.2) is 0 Å². The van der Waals surface area contributed by atoms with Crippen LogP contribution in [0, 0.1) is 0 Å². The van der Waals surface area contributed by atoms with Crippen LogP contribution in [0.3, 0.4) is 0 Å². The summed E-state index contributed by atoms with van der Waals surface area (Å²) in [7, 11) is 0. The highest BCUT2D eigenvalue weighted by molar-refractivity contribution is 4.79. The molecule has 7 heteroatoms. The van der Waals surface area contributed by atoms with Gasteiger partial charge in [-0.2, -0.15) is 22.0 Å². The number of hydrogen-bond acceptors (Lipinski definition) is 2. The van der Waals surface area contributed by atoms with Crippen LogP contribution in [0.2, 0.25) is 0 Å². The van der Waals surface area contributed by atoms with Crippen molar-refractivity contribution in [3.8, 4) is 0 Å². The van der Waals surface area contributed by atoms with E-state index in [1.165, 1.54) is 6.92 Å². The largest absolute Gasteiger partial charge is 0.454 e. The maximum absolute atomic E-state index is 12.2. The molecule has 0 fully saturated rings. The Morgan fingerprint density at radius 3 is 2.00 bits per heavy atom. The molecule has 0 saturated carbocycles. The normalized spacial score (nSPS) is 15.9. The number of halogens is 5. The van der Waals surface area contributed by atoms with Gasteiger partial charge in [-0.15, -0.1) is 0 Å². The van der Waals surface area contributed by atoms with E-state index in [0.29, 0.717) is 0 Å². The Kier molecular flexibility index (Phi) is 4.05. The fourth-order valence-electron chi connectivity index (χ4n) is 0.486. The summed E-state index contributed by atoms with van der Waals surface area (Å²) >= 11 is 0. The first-order chi connectivity index (χ1) is 5.70. The van der Waals surface area contributed by atoms with Gasteiger partial charge < -0.3 is 11.1 Å². The topological polar surface area (TPSA) is 38.0 Å². The zero-order valence-electron chi connectivity index (χ0n) is 6.96. The minimum absolute atomic E-state index is 0.00787. The van der Waals surface area contributed by atoms with Gasteiger partial charge in [0.05, 0.1) is 6.54 Å². The van der Waals surface area contributed by atoms with E-state index in [-0.39, 0.29) is 6.54 Å². The van der Waals surface area contributed by atoms with E-state index >= 15 is 0 Å². The molecule has 0 aromatic rings. The second-order valence-electron chi connectivity index (χ2n) is 2.72.